The summed E-state index contributed by atoms with van der Waals surface area (Å²) in [5, 5.41) is 13.3. The molecule has 0 radical (unpaired) electrons. The molecule has 0 spiro atoms. The molecule has 1 saturated heterocycles. The molecule has 0 bridgehead atoms. The number of rotatable bonds is 3. The third-order valence-corrected chi connectivity index (χ3v) is 4.50. The van der Waals surface area contributed by atoms with Gasteiger partial charge in [0.05, 0.1) is 0 Å². The first kappa shape index (κ1) is 13.4. The number of amides is 1. The standard InChI is InChI=1S/C16H22N2O2/c19-15(16(20)9-4-5-10-16)17-13-8-11-18(12-13)14-6-2-1-3-7-14/h1-3,6-7,13,20H,4-5,8-12H2,(H,17,19). The van der Waals surface area contributed by atoms with Gasteiger partial charge in [0, 0.05) is 24.8 Å². The Balaban J connectivity index is 1.57. The average Bonchev–Trinajstić information content (AvgIpc) is 3.10. The third-order valence-electron chi connectivity index (χ3n) is 4.50. The molecule has 4 heteroatoms. The smallest absolute Gasteiger partial charge is 0.252 e. The van der Waals surface area contributed by atoms with Crippen molar-refractivity contribution in [3.05, 3.63) is 30.3 Å². The van der Waals surface area contributed by atoms with Crippen LogP contribution < -0.4 is 10.2 Å². The largest absolute Gasteiger partial charge is 0.380 e. The van der Waals surface area contributed by atoms with Crippen molar-refractivity contribution in [2.24, 2.45) is 0 Å². The highest BCUT2D eigenvalue weighted by Gasteiger charge is 2.40. The molecule has 2 N–H and O–H groups in total. The van der Waals surface area contributed by atoms with Crippen LogP contribution in [0.15, 0.2) is 30.3 Å². The van der Waals surface area contributed by atoms with Crippen molar-refractivity contribution >= 4 is 11.6 Å². The van der Waals surface area contributed by atoms with Gasteiger partial charge in [-0.15, -0.1) is 0 Å². The molecule has 1 atom stereocenters. The number of anilines is 1. The summed E-state index contributed by atoms with van der Waals surface area (Å²) in [5.74, 6) is -0.171. The number of nitrogens with zero attached hydrogens (tertiary/aromatic N) is 1. The summed E-state index contributed by atoms with van der Waals surface area (Å²) in [5.41, 5.74) is 0.0870. The fraction of sp³-hybridized carbons (Fsp3) is 0.562. The number of para-hydroxylation sites is 1. The molecule has 2 aliphatic rings. The van der Waals surface area contributed by atoms with Gasteiger partial charge >= 0.3 is 0 Å². The van der Waals surface area contributed by atoms with E-state index in [9.17, 15) is 9.90 Å². The quantitative estimate of drug-likeness (QED) is 0.882. The number of nitrogens with one attached hydrogen (secondary N) is 1. The fourth-order valence-electron chi connectivity index (χ4n) is 3.26. The molecule has 1 amide bonds. The molecular formula is C16H22N2O2. The van der Waals surface area contributed by atoms with Crippen molar-refractivity contribution < 1.29 is 9.90 Å². The minimum atomic E-state index is -1.11. The van der Waals surface area contributed by atoms with E-state index in [4.69, 9.17) is 0 Å². The lowest BCUT2D eigenvalue weighted by Crippen LogP contribution is -2.49. The molecule has 0 aromatic heterocycles. The molecule has 1 heterocycles. The predicted octanol–water partition coefficient (Wildman–Crippen LogP) is 1.69. The van der Waals surface area contributed by atoms with Crippen LogP contribution in [0.2, 0.25) is 0 Å². The first-order valence-electron chi connectivity index (χ1n) is 7.51. The Labute approximate surface area is 119 Å². The Hall–Kier alpha value is -1.55. The van der Waals surface area contributed by atoms with Crippen molar-refractivity contribution in [1.29, 1.82) is 0 Å². The van der Waals surface area contributed by atoms with E-state index in [2.05, 4.69) is 22.3 Å². The summed E-state index contributed by atoms with van der Waals surface area (Å²) in [6, 6.07) is 10.4. The van der Waals surface area contributed by atoms with Crippen LogP contribution in [0.25, 0.3) is 0 Å². The molecular weight excluding hydrogens is 252 g/mol. The zero-order valence-corrected chi connectivity index (χ0v) is 11.7. The molecule has 1 unspecified atom stereocenters. The second-order valence-electron chi connectivity index (χ2n) is 5.98. The van der Waals surface area contributed by atoms with Gasteiger partial charge in [-0.2, -0.15) is 0 Å². The van der Waals surface area contributed by atoms with Gasteiger partial charge < -0.3 is 15.3 Å². The number of hydrogen-bond acceptors (Lipinski definition) is 3. The van der Waals surface area contributed by atoms with E-state index in [0.717, 1.165) is 32.4 Å². The zero-order valence-electron chi connectivity index (χ0n) is 11.7. The van der Waals surface area contributed by atoms with Crippen LogP contribution in [0.5, 0.6) is 0 Å². The maximum Gasteiger partial charge on any atom is 0.252 e. The number of hydrogen-bond donors (Lipinski definition) is 2. The number of benzene rings is 1. The monoisotopic (exact) mass is 274 g/mol. The van der Waals surface area contributed by atoms with Crippen LogP contribution >= 0.6 is 0 Å². The van der Waals surface area contributed by atoms with Crippen LogP contribution in [0.3, 0.4) is 0 Å². The van der Waals surface area contributed by atoms with Crippen LogP contribution in [0.4, 0.5) is 5.69 Å². The molecule has 1 saturated carbocycles. The molecule has 108 valence electrons. The minimum absolute atomic E-state index is 0.146. The summed E-state index contributed by atoms with van der Waals surface area (Å²) < 4.78 is 0. The van der Waals surface area contributed by atoms with Gasteiger partial charge in [-0.25, -0.2) is 0 Å². The maximum absolute atomic E-state index is 12.2. The van der Waals surface area contributed by atoms with E-state index in [1.54, 1.807) is 0 Å². The fourth-order valence-corrected chi connectivity index (χ4v) is 3.26. The lowest BCUT2D eigenvalue weighted by atomic mass is 10.0. The van der Waals surface area contributed by atoms with E-state index >= 15 is 0 Å². The van der Waals surface area contributed by atoms with Gasteiger partial charge in [0.2, 0.25) is 0 Å². The Morgan fingerprint density at radius 3 is 2.65 bits per heavy atom. The second kappa shape index (κ2) is 5.44. The highest BCUT2D eigenvalue weighted by atomic mass is 16.3. The van der Waals surface area contributed by atoms with Gasteiger partial charge in [-0.05, 0) is 44.2 Å². The minimum Gasteiger partial charge on any atom is -0.380 e. The average molecular weight is 274 g/mol. The van der Waals surface area contributed by atoms with Gasteiger partial charge in [0.1, 0.15) is 5.60 Å². The number of carbonyl (C=O) groups is 1. The van der Waals surface area contributed by atoms with Crippen LogP contribution in [-0.2, 0) is 4.79 Å². The van der Waals surface area contributed by atoms with Crippen molar-refractivity contribution in [1.82, 2.24) is 5.32 Å². The summed E-state index contributed by atoms with van der Waals surface area (Å²) in [6.45, 7) is 1.78. The van der Waals surface area contributed by atoms with Crippen LogP contribution in [0.1, 0.15) is 32.1 Å². The van der Waals surface area contributed by atoms with Crippen LogP contribution in [0, 0.1) is 0 Å². The molecule has 20 heavy (non-hydrogen) atoms. The normalized spacial score (nSPS) is 24.9. The number of aliphatic hydroxyl groups is 1. The molecule has 1 aliphatic carbocycles. The highest BCUT2D eigenvalue weighted by molar-refractivity contribution is 5.85. The Bertz CT molecular complexity index is 469. The van der Waals surface area contributed by atoms with Crippen molar-refractivity contribution in [2.45, 2.75) is 43.7 Å². The van der Waals surface area contributed by atoms with Crippen molar-refractivity contribution in [3.8, 4) is 0 Å². The maximum atomic E-state index is 12.2. The molecule has 3 rings (SSSR count). The molecule has 1 aliphatic heterocycles. The van der Waals surface area contributed by atoms with E-state index < -0.39 is 5.60 Å². The summed E-state index contributed by atoms with van der Waals surface area (Å²) >= 11 is 0. The lowest BCUT2D eigenvalue weighted by molar-refractivity contribution is -0.139. The summed E-state index contributed by atoms with van der Waals surface area (Å²) in [4.78, 5) is 14.5. The molecule has 1 aromatic rings. The van der Waals surface area contributed by atoms with E-state index in [-0.39, 0.29) is 11.9 Å². The predicted molar refractivity (Wildman–Crippen MR) is 78.6 cm³/mol. The first-order valence-corrected chi connectivity index (χ1v) is 7.51. The second-order valence-corrected chi connectivity index (χ2v) is 5.98. The van der Waals surface area contributed by atoms with E-state index in [1.165, 1.54) is 5.69 Å². The number of carbonyl (C=O) groups excluding carboxylic acids is 1. The Morgan fingerprint density at radius 1 is 1.25 bits per heavy atom. The summed E-state index contributed by atoms with van der Waals surface area (Å²) in [6.07, 6.45) is 4.05. The Kier molecular flexibility index (Phi) is 3.66. The molecule has 4 nitrogen and oxygen atoms in total. The van der Waals surface area contributed by atoms with Gasteiger partial charge in [0.15, 0.2) is 0 Å². The van der Waals surface area contributed by atoms with Crippen molar-refractivity contribution in [3.63, 3.8) is 0 Å². The van der Waals surface area contributed by atoms with Gasteiger partial charge in [-0.1, -0.05) is 18.2 Å². The first-order chi connectivity index (χ1) is 9.67. The lowest BCUT2D eigenvalue weighted by Gasteiger charge is -2.24. The SMILES string of the molecule is O=C(NC1CCN(c2ccccc2)C1)C1(O)CCCC1. The molecule has 1 aromatic carbocycles. The Morgan fingerprint density at radius 2 is 1.95 bits per heavy atom. The summed E-state index contributed by atoms with van der Waals surface area (Å²) in [7, 11) is 0. The highest BCUT2D eigenvalue weighted by Crippen LogP contribution is 2.30. The van der Waals surface area contributed by atoms with Gasteiger partial charge in [-0.3, -0.25) is 4.79 Å². The van der Waals surface area contributed by atoms with E-state index in [1.807, 2.05) is 18.2 Å². The zero-order chi connectivity index (χ0) is 14.0. The third kappa shape index (κ3) is 2.66. The topological polar surface area (TPSA) is 52.6 Å². The van der Waals surface area contributed by atoms with Crippen molar-refractivity contribution in [2.75, 3.05) is 18.0 Å². The van der Waals surface area contributed by atoms with Gasteiger partial charge in [0.25, 0.3) is 5.91 Å². The van der Waals surface area contributed by atoms with Crippen LogP contribution in [-0.4, -0.2) is 35.7 Å². The van der Waals surface area contributed by atoms with E-state index in [0.29, 0.717) is 12.8 Å². The molecule has 2 fully saturated rings.